The largest absolute Gasteiger partial charge is 0.512 e. The van der Waals surface area contributed by atoms with Gasteiger partial charge in [-0.1, -0.05) is 140 Å². The van der Waals surface area contributed by atoms with Crippen LogP contribution in [0.15, 0.2) is 248 Å². The maximum atomic E-state index is 13.9. The minimum Gasteiger partial charge on any atom is -0.512 e. The van der Waals surface area contributed by atoms with Gasteiger partial charge in [0.2, 0.25) is 0 Å². The zero-order valence-electron chi connectivity index (χ0n) is 60.5. The van der Waals surface area contributed by atoms with Gasteiger partial charge in [0.25, 0.3) is 0 Å². The van der Waals surface area contributed by atoms with E-state index in [4.69, 9.17) is 30.5 Å². The summed E-state index contributed by atoms with van der Waals surface area (Å²) in [6.07, 6.45) is 3.50. The second-order valence-electron chi connectivity index (χ2n) is 24.8. The number of aliphatic hydroxyl groups is 3. The Balaban J connectivity index is 0.000000340. The fraction of sp³-hybridized carbons (Fsp3) is 0.136. The molecule has 4 heterocycles. The Bertz CT molecular complexity index is 5240. The Hall–Kier alpha value is -10.0. The van der Waals surface area contributed by atoms with Gasteiger partial charge in [-0.2, -0.15) is 5.26 Å². The smallest absolute Gasteiger partial charge is 0.171 e. The molecule has 0 saturated carbocycles. The summed E-state index contributed by atoms with van der Waals surface area (Å²) in [4.78, 5) is 48.0. The quantitative estimate of drug-likeness (QED) is 0.0569. The van der Waals surface area contributed by atoms with E-state index in [0.717, 1.165) is 62.5 Å². The van der Waals surface area contributed by atoms with Crippen LogP contribution >= 0.6 is 0 Å². The predicted octanol–water partition coefficient (Wildman–Crippen LogP) is 22.1. The van der Waals surface area contributed by atoms with E-state index in [1.807, 2.05) is 42.5 Å². The van der Waals surface area contributed by atoms with Crippen LogP contribution in [0.4, 0.5) is 22.0 Å². The summed E-state index contributed by atoms with van der Waals surface area (Å²) >= 11 is 0. The summed E-state index contributed by atoms with van der Waals surface area (Å²) in [6, 6.07) is 78.6. The summed E-state index contributed by atoms with van der Waals surface area (Å²) in [5, 5.41) is 36.6. The third kappa shape index (κ3) is 28.3. The Morgan fingerprint density at radius 3 is 1.35 bits per heavy atom. The number of halogens is 5. The van der Waals surface area contributed by atoms with Crippen molar-refractivity contribution in [2.75, 3.05) is 0 Å². The van der Waals surface area contributed by atoms with Crippen LogP contribution < -0.4 is 0 Å². The van der Waals surface area contributed by atoms with Gasteiger partial charge in [-0.25, -0.2) is 22.0 Å². The van der Waals surface area contributed by atoms with E-state index < -0.39 is 34.5 Å². The molecule has 4 aromatic heterocycles. The van der Waals surface area contributed by atoms with E-state index in [1.54, 1.807) is 54.6 Å². The van der Waals surface area contributed by atoms with Crippen molar-refractivity contribution < 1.29 is 132 Å². The number of allylic oxidation sites excluding steroid dienone is 6. The van der Waals surface area contributed by atoms with Gasteiger partial charge in [0.1, 0.15) is 5.82 Å². The number of carbonyl (C=O) groups excluding carboxylic acids is 3. The van der Waals surface area contributed by atoms with Gasteiger partial charge in [-0.05, 0) is 148 Å². The molecular weight excluding hydrogens is 2090 g/mol. The summed E-state index contributed by atoms with van der Waals surface area (Å²) in [5.41, 5.74) is 15.5. The molecule has 0 unspecified atom stereocenters. The van der Waals surface area contributed by atoms with Gasteiger partial charge in [-0.3, -0.25) is 34.3 Å². The molecule has 0 aliphatic heterocycles. The third-order valence-corrected chi connectivity index (χ3v) is 14.9. The molecule has 3 N–H and O–H groups in total. The zero-order valence-corrected chi connectivity index (χ0v) is 70.0. The molecule has 562 valence electrons. The molecule has 0 amide bonds. The molecule has 0 atom stereocenters. The minimum atomic E-state index is -1.22. The van der Waals surface area contributed by atoms with Crippen LogP contribution in [0.25, 0.3) is 99.8 Å². The van der Waals surface area contributed by atoms with E-state index in [0.29, 0.717) is 28.0 Å². The first-order chi connectivity index (χ1) is 49.5. The van der Waals surface area contributed by atoms with Crippen LogP contribution in [0.5, 0.6) is 0 Å². The standard InChI is InChI=1S/C23H18N.C19H18N.C16H7F2N2.C15H7F3N.3C5H8O2.4Ir/c1-16-6-5-7-17(2)23(16)20-12-10-19(11-13-20)22-15-14-18-8-3-4-9-21(18)24-22;1-19(2,3)16-11-8-15(9-12-16)18-13-10-14-6-4-5-7-17(14)20-18;17-13-6-12(7-14(18)8-13)16-4-2-11-5-10(9-19)1-3-15(11)20-16;16-10-6-7-12-14(15(10)18)11(17)8-13(19-12)9-4-2-1-3-5-9;3*1-4(6)3-5(2)7;;;;/h3-10,12-15H,1-2H3;4-8,10-13H,1-3H3;1-6,8H;1-4,6-8H;3*3,6H,1-2H3;;;;/q4*-1;;;;;;;. The number of aryl methyl sites for hydroxylation is 2. The number of benzene rings is 9. The van der Waals surface area contributed by atoms with Gasteiger partial charge < -0.3 is 15.3 Å². The number of aliphatic hydroxyl groups excluding tert-OH is 3. The normalized spacial score (nSPS) is 10.7. The molecule has 9 aromatic carbocycles. The first-order valence-electron chi connectivity index (χ1n) is 32.5. The fourth-order valence-corrected chi connectivity index (χ4v) is 10.3. The molecule has 4 radical (unpaired) electrons. The first kappa shape index (κ1) is 92.2. The SMILES string of the molecule is CC(=O)C=C(C)O.CC(=O)C=C(C)O.CC(=O)C=C(C)O.CC(C)(C)c1c[c-]c(-c2ccc3ccccc3n2)cc1.Cc1cccc(C)c1-c1c[c-]c(-c2ccc3ccccc3n2)cc1.Fc1ccc2nc(-c3[c-]cccc3)cc(F)c2c1F.N#Cc1ccc2nc(-c3[c-]c(F)cc(F)c3)ccc2c1.[Ir].[Ir].[Ir].[Ir]. The molecule has 0 aliphatic carbocycles. The predicted molar refractivity (Wildman–Crippen MR) is 403 cm³/mol. The van der Waals surface area contributed by atoms with Gasteiger partial charge in [0.15, 0.2) is 29.0 Å². The van der Waals surface area contributed by atoms with Crippen LogP contribution in [0, 0.1) is 78.5 Å². The van der Waals surface area contributed by atoms with Crippen LogP contribution in [0.2, 0.25) is 0 Å². The number of nitrogens with zero attached hydrogens (tertiary/aromatic N) is 5. The van der Waals surface area contributed by atoms with Crippen LogP contribution in [0.1, 0.15) is 84.6 Å². The summed E-state index contributed by atoms with van der Waals surface area (Å²) < 4.78 is 66.9. The molecule has 13 aromatic rings. The number of hydrogen-bond donors (Lipinski definition) is 3. The molecule has 0 fully saturated rings. The molecular formula is C88H74F5Ir4N5O6-4. The van der Waals surface area contributed by atoms with Crippen molar-refractivity contribution in [1.29, 1.82) is 5.26 Å². The number of carbonyl (C=O) groups is 3. The molecule has 108 heavy (non-hydrogen) atoms. The summed E-state index contributed by atoms with van der Waals surface area (Å²) in [7, 11) is 0. The van der Waals surface area contributed by atoms with E-state index in [-0.39, 0.29) is 132 Å². The Morgan fingerprint density at radius 2 is 0.907 bits per heavy atom. The van der Waals surface area contributed by atoms with Crippen molar-refractivity contribution in [3.05, 3.63) is 323 Å². The summed E-state index contributed by atoms with van der Waals surface area (Å²) in [5.74, 6) is -4.76. The number of fused-ring (bicyclic) bond motifs is 4. The Morgan fingerprint density at radius 1 is 0.444 bits per heavy atom. The average molecular weight is 2160 g/mol. The Kier molecular flexibility index (Phi) is 37.8. The third-order valence-electron chi connectivity index (χ3n) is 14.9. The molecule has 0 bridgehead atoms. The Labute approximate surface area is 679 Å². The maximum absolute atomic E-state index is 13.9. The van der Waals surface area contributed by atoms with E-state index in [2.05, 4.69) is 160 Å². The van der Waals surface area contributed by atoms with Crippen molar-refractivity contribution in [3.8, 4) is 62.2 Å². The van der Waals surface area contributed by atoms with Crippen molar-refractivity contribution in [3.63, 3.8) is 0 Å². The topological polar surface area (TPSA) is 187 Å². The summed E-state index contributed by atoms with van der Waals surface area (Å²) in [6.45, 7) is 19.5. The molecule has 0 saturated heterocycles. The van der Waals surface area contributed by atoms with Crippen molar-refractivity contribution >= 4 is 61.0 Å². The second-order valence-corrected chi connectivity index (χ2v) is 24.8. The zero-order chi connectivity index (χ0) is 75.8. The van der Waals surface area contributed by atoms with Crippen molar-refractivity contribution in [1.82, 2.24) is 19.9 Å². The van der Waals surface area contributed by atoms with Crippen LogP contribution in [-0.2, 0) is 100 Å². The molecule has 13 rings (SSSR count). The van der Waals surface area contributed by atoms with Crippen LogP contribution in [-0.4, -0.2) is 52.6 Å². The monoisotopic (exact) mass is 2160 g/mol. The molecule has 11 nitrogen and oxygen atoms in total. The number of pyridine rings is 4. The maximum Gasteiger partial charge on any atom is 0.171 e. The number of ketones is 3. The van der Waals surface area contributed by atoms with Gasteiger partial charge in [0, 0.05) is 110 Å². The van der Waals surface area contributed by atoms with Gasteiger partial charge >= 0.3 is 0 Å². The first-order valence-corrected chi connectivity index (χ1v) is 32.5. The number of aromatic nitrogens is 4. The van der Waals surface area contributed by atoms with Crippen LogP contribution in [0.3, 0.4) is 0 Å². The van der Waals surface area contributed by atoms with Gasteiger partial charge in [-0.15, -0.1) is 119 Å². The van der Waals surface area contributed by atoms with E-state index in [9.17, 15) is 36.3 Å². The van der Waals surface area contributed by atoms with Crippen molar-refractivity contribution in [2.24, 2.45) is 0 Å². The number of para-hydroxylation sites is 2. The van der Waals surface area contributed by atoms with E-state index in [1.165, 1.54) is 105 Å². The number of nitriles is 1. The number of rotatable bonds is 8. The molecule has 0 spiro atoms. The van der Waals surface area contributed by atoms with Crippen molar-refractivity contribution in [2.45, 2.75) is 81.6 Å². The van der Waals surface area contributed by atoms with E-state index >= 15 is 0 Å². The minimum absolute atomic E-state index is 0. The molecule has 0 aliphatic rings. The number of hydrogen-bond acceptors (Lipinski definition) is 11. The fourth-order valence-electron chi connectivity index (χ4n) is 10.3. The average Bonchev–Trinajstić information content (AvgIpc) is 0.790. The second kappa shape index (κ2) is 44.3. The molecule has 20 heteroatoms. The van der Waals surface area contributed by atoms with Gasteiger partial charge in [0.05, 0.1) is 56.4 Å².